The van der Waals surface area contributed by atoms with Crippen molar-refractivity contribution < 1.29 is 13.3 Å². The molecule has 0 aliphatic carbocycles. The minimum absolute atomic E-state index is 0.591. The van der Waals surface area contributed by atoms with E-state index in [1.807, 2.05) is 102 Å². The molecule has 630 valence electrons. The monoisotopic (exact) mass is 1760 g/mol. The van der Waals surface area contributed by atoms with Crippen LogP contribution in [0.2, 0.25) is 0 Å². The number of benzene rings is 19. The molecule has 13 heteroatoms. The lowest BCUT2D eigenvalue weighted by molar-refractivity contribution is 0.653. The molecule has 0 amide bonds. The van der Waals surface area contributed by atoms with Crippen LogP contribution >= 0.6 is 22.7 Å². The molecule has 29 rings (SSSR count). The van der Waals surface area contributed by atoms with Crippen molar-refractivity contribution >= 4 is 194 Å². The van der Waals surface area contributed by atoms with Gasteiger partial charge in [0.05, 0.1) is 55.3 Å². The summed E-state index contributed by atoms with van der Waals surface area (Å²) in [5.74, 6) is 1.96. The van der Waals surface area contributed by atoms with Gasteiger partial charge in [0, 0.05) is 128 Å². The molecule has 19 aromatic carbocycles. The molecular formula is C122H72N8O3S2. The summed E-state index contributed by atoms with van der Waals surface area (Å²) in [5.41, 5.74) is 24.5. The van der Waals surface area contributed by atoms with E-state index in [2.05, 4.69) is 355 Å². The third-order valence-electron chi connectivity index (χ3n) is 26.3. The Balaban J connectivity index is 0.000000103. The lowest BCUT2D eigenvalue weighted by Crippen LogP contribution is -1.94. The minimum atomic E-state index is 0.591. The normalized spacial score (nSPS) is 11.9. The van der Waals surface area contributed by atoms with Gasteiger partial charge in [-0.25, -0.2) is 15.0 Å². The second kappa shape index (κ2) is 31.6. The van der Waals surface area contributed by atoms with Crippen LogP contribution < -0.4 is 0 Å². The number of rotatable bonds is 10. The summed E-state index contributed by atoms with van der Waals surface area (Å²) in [5, 5.41) is 20.8. The summed E-state index contributed by atoms with van der Waals surface area (Å²) in [6.45, 7) is 0. The highest BCUT2D eigenvalue weighted by Crippen LogP contribution is 2.49. The fourth-order valence-corrected chi connectivity index (χ4v) is 22.6. The lowest BCUT2D eigenvalue weighted by atomic mass is 9.99. The number of para-hydroxylation sites is 5. The Morgan fingerprint density at radius 1 is 0.200 bits per heavy atom. The standard InChI is InChI=1S/2C44H27N3O.C34H18N2OS2/c1-3-13-29(14-4-1)41-40-36-20-9-10-21-39(36)48-44(40)46-43(45-41)32-16-11-15-30(26-32)31-23-25-38-37(27-31)35-24-22-28-12-7-8-19-34(28)42(35)47(38)33-17-5-2-6-18-33;1-3-12-28(13-4-1)42-41-35-20-9-10-21-40(35)48-44(41)46-43(45-42)33-17-11-16-29(24-33)32-22-23-38-36(26-32)37-25-30-14-7-8-15-31(30)27-39(37)47(38)34-18-5-2-6-19-34;1-4-16-26-23(11-1)29-30(24-14-7-12-21-19-9-2-5-17-27(19)38-31(21)24)35-33(36-34(29)37-26)25-15-8-13-22-20-10-3-6-18-28(20)39-32(22)25/h2*1-27H;1-18H. The van der Waals surface area contributed by atoms with E-state index in [4.69, 9.17) is 43.2 Å². The number of hydrogen-bond acceptors (Lipinski definition) is 11. The number of aromatic nitrogens is 8. The quantitative estimate of drug-likeness (QED) is 0.131. The van der Waals surface area contributed by atoms with Crippen LogP contribution in [0.5, 0.6) is 0 Å². The molecule has 0 radical (unpaired) electrons. The molecule has 11 nitrogen and oxygen atoms in total. The molecule has 10 aromatic heterocycles. The van der Waals surface area contributed by atoms with Crippen LogP contribution in [-0.4, -0.2) is 39.0 Å². The Bertz CT molecular complexity index is 9640. The van der Waals surface area contributed by atoms with Crippen LogP contribution in [-0.2, 0) is 0 Å². The molecule has 10 heterocycles. The zero-order valence-corrected chi connectivity index (χ0v) is 73.8. The molecule has 0 aliphatic heterocycles. The summed E-state index contributed by atoms with van der Waals surface area (Å²) in [6.07, 6.45) is 0. The van der Waals surface area contributed by atoms with E-state index >= 15 is 0 Å². The van der Waals surface area contributed by atoms with E-state index in [9.17, 15) is 0 Å². The summed E-state index contributed by atoms with van der Waals surface area (Å²) >= 11 is 3.61. The van der Waals surface area contributed by atoms with E-state index in [0.29, 0.717) is 34.6 Å². The maximum absolute atomic E-state index is 6.37. The number of thiophene rings is 2. The fraction of sp³-hybridized carbons (Fsp3) is 0. The van der Waals surface area contributed by atoms with E-state index in [0.717, 1.165) is 133 Å². The zero-order chi connectivity index (χ0) is 88.7. The molecule has 0 N–H and O–H groups in total. The van der Waals surface area contributed by atoms with Gasteiger partial charge in [0.2, 0.25) is 17.1 Å². The van der Waals surface area contributed by atoms with Crippen molar-refractivity contribution in [2.45, 2.75) is 0 Å². The van der Waals surface area contributed by atoms with Gasteiger partial charge >= 0.3 is 0 Å². The lowest BCUT2D eigenvalue weighted by Gasteiger charge is -2.10. The molecule has 0 unspecified atom stereocenters. The minimum Gasteiger partial charge on any atom is -0.438 e. The molecule has 0 bridgehead atoms. The molecule has 0 atom stereocenters. The van der Waals surface area contributed by atoms with Crippen molar-refractivity contribution in [3.8, 4) is 102 Å². The van der Waals surface area contributed by atoms with Gasteiger partial charge in [0.15, 0.2) is 17.5 Å². The van der Waals surface area contributed by atoms with Gasteiger partial charge in [-0.2, -0.15) is 15.0 Å². The van der Waals surface area contributed by atoms with Crippen molar-refractivity contribution in [1.29, 1.82) is 0 Å². The SMILES string of the molecule is c1ccc(-c2nc(-c3cccc(-c4ccc5c(c4)c4cc6ccccc6cc4n5-c4ccccc4)c3)nc3oc4ccccc4c23)cc1.c1ccc(-c2nc(-c3cccc(-c4ccc5c(c4)c4ccc6ccccc6c4n5-c4ccccc4)c3)nc3oc4ccccc4c23)cc1.c1ccc2c(c1)oc1nc(-c3cccc4c3sc3ccccc34)nc(-c3cccc4c3sc3ccccc34)c12. The second-order valence-electron chi connectivity index (χ2n) is 34.2. The van der Waals surface area contributed by atoms with Gasteiger partial charge in [-0.3, -0.25) is 0 Å². The van der Waals surface area contributed by atoms with E-state index < -0.39 is 0 Å². The predicted octanol–water partition coefficient (Wildman–Crippen LogP) is 33.7. The Kier molecular flexibility index (Phi) is 18.1. The summed E-state index contributed by atoms with van der Waals surface area (Å²) in [6, 6.07) is 153. The van der Waals surface area contributed by atoms with Crippen LogP contribution in [0.15, 0.2) is 450 Å². The van der Waals surface area contributed by atoms with E-state index in [1.165, 1.54) is 106 Å². The molecule has 0 saturated carbocycles. The molecule has 29 aromatic rings. The van der Waals surface area contributed by atoms with Gasteiger partial charge in [-0.1, -0.05) is 328 Å². The third kappa shape index (κ3) is 13.0. The first-order valence-corrected chi connectivity index (χ1v) is 46.8. The third-order valence-corrected chi connectivity index (χ3v) is 28.8. The first kappa shape index (κ1) is 77.3. The van der Waals surface area contributed by atoms with Gasteiger partial charge < -0.3 is 22.4 Å². The largest absolute Gasteiger partial charge is 0.438 e. The molecular weight excluding hydrogens is 1690 g/mol. The maximum Gasteiger partial charge on any atom is 0.231 e. The van der Waals surface area contributed by atoms with Crippen molar-refractivity contribution in [3.63, 3.8) is 0 Å². The molecule has 0 saturated heterocycles. The van der Waals surface area contributed by atoms with Crippen molar-refractivity contribution in [1.82, 2.24) is 39.0 Å². The van der Waals surface area contributed by atoms with Gasteiger partial charge in [-0.05, 0) is 148 Å². The van der Waals surface area contributed by atoms with Crippen LogP contribution in [0, 0.1) is 0 Å². The molecule has 135 heavy (non-hydrogen) atoms. The Morgan fingerprint density at radius 3 is 1.11 bits per heavy atom. The first-order chi connectivity index (χ1) is 66.9. The molecule has 0 spiro atoms. The van der Waals surface area contributed by atoms with Gasteiger partial charge in [0.1, 0.15) is 16.7 Å². The average molecular weight is 1760 g/mol. The maximum atomic E-state index is 6.37. The fourth-order valence-electron chi connectivity index (χ4n) is 20.1. The molecule has 0 fully saturated rings. The van der Waals surface area contributed by atoms with Crippen molar-refractivity contribution in [2.24, 2.45) is 0 Å². The Labute approximate surface area is 779 Å². The number of furan rings is 3. The first-order valence-electron chi connectivity index (χ1n) is 45.2. The Morgan fingerprint density at radius 2 is 0.570 bits per heavy atom. The Hall–Kier alpha value is -17.6. The van der Waals surface area contributed by atoms with E-state index in [-0.39, 0.29) is 0 Å². The van der Waals surface area contributed by atoms with Crippen LogP contribution in [0.25, 0.3) is 273 Å². The van der Waals surface area contributed by atoms with Gasteiger partial charge in [-0.15, -0.1) is 22.7 Å². The summed E-state index contributed by atoms with van der Waals surface area (Å²) in [7, 11) is 0. The molecule has 0 aliphatic rings. The van der Waals surface area contributed by atoms with Crippen LogP contribution in [0.4, 0.5) is 0 Å². The summed E-state index contributed by atoms with van der Waals surface area (Å²) in [4.78, 5) is 30.7. The average Bonchev–Trinajstić information content (AvgIpc) is 1.59. The van der Waals surface area contributed by atoms with E-state index in [1.54, 1.807) is 11.3 Å². The predicted molar refractivity (Wildman–Crippen MR) is 561 cm³/mol. The number of nitrogens with zero attached hydrogens (tertiary/aromatic N) is 8. The highest BCUT2D eigenvalue weighted by atomic mass is 32.1. The van der Waals surface area contributed by atoms with Crippen LogP contribution in [0.1, 0.15) is 0 Å². The van der Waals surface area contributed by atoms with Crippen LogP contribution in [0.3, 0.4) is 0 Å². The number of fused-ring (bicyclic) bond motifs is 24. The highest BCUT2D eigenvalue weighted by molar-refractivity contribution is 7.26. The highest BCUT2D eigenvalue weighted by Gasteiger charge is 2.27. The van der Waals surface area contributed by atoms with Crippen molar-refractivity contribution in [2.75, 3.05) is 0 Å². The smallest absolute Gasteiger partial charge is 0.231 e. The second-order valence-corrected chi connectivity index (χ2v) is 36.3. The summed E-state index contributed by atoms with van der Waals surface area (Å²) < 4.78 is 28.7. The zero-order valence-electron chi connectivity index (χ0n) is 72.2. The number of hydrogen-bond donors (Lipinski definition) is 0. The van der Waals surface area contributed by atoms with Crippen molar-refractivity contribution in [3.05, 3.63) is 437 Å². The van der Waals surface area contributed by atoms with Gasteiger partial charge in [0.25, 0.3) is 0 Å². The topological polar surface area (TPSA) is 127 Å².